The van der Waals surface area contributed by atoms with Gasteiger partial charge in [-0.1, -0.05) is 0 Å². The van der Waals surface area contributed by atoms with E-state index < -0.39 is 10.0 Å². The van der Waals surface area contributed by atoms with Crippen LogP contribution in [-0.2, 0) is 14.8 Å². The van der Waals surface area contributed by atoms with Gasteiger partial charge in [0.15, 0.2) is 0 Å². The summed E-state index contributed by atoms with van der Waals surface area (Å²) < 4.78 is 24.8. The maximum atomic E-state index is 11.7. The van der Waals surface area contributed by atoms with Gasteiger partial charge in [-0.25, -0.2) is 8.42 Å². The number of carbonyl (C=O) groups is 1. The van der Waals surface area contributed by atoms with Crippen molar-refractivity contribution in [1.29, 1.82) is 0 Å². The van der Waals surface area contributed by atoms with Crippen molar-refractivity contribution in [2.75, 3.05) is 21.9 Å². The Hall–Kier alpha value is -1.56. The maximum absolute atomic E-state index is 11.7. The first-order chi connectivity index (χ1) is 7.99. The summed E-state index contributed by atoms with van der Waals surface area (Å²) in [5.41, 5.74) is 1.31. The average molecular weight is 254 g/mol. The fraction of sp³-hybridized carbons (Fsp3) is 0.364. The highest BCUT2D eigenvalue weighted by atomic mass is 32.2. The van der Waals surface area contributed by atoms with E-state index in [4.69, 9.17) is 0 Å². The first-order valence-corrected chi connectivity index (χ1v) is 6.98. The molecule has 1 aliphatic heterocycles. The Bertz CT molecular complexity index is 522. The monoisotopic (exact) mass is 254 g/mol. The fourth-order valence-corrected chi connectivity index (χ4v) is 3.41. The number of anilines is 2. The lowest BCUT2D eigenvalue weighted by molar-refractivity contribution is -0.114. The summed E-state index contributed by atoms with van der Waals surface area (Å²) >= 11 is 0. The molecule has 2 rings (SSSR count). The van der Waals surface area contributed by atoms with Gasteiger partial charge in [-0.3, -0.25) is 9.10 Å². The average Bonchev–Trinajstić information content (AvgIpc) is 2.58. The third kappa shape index (κ3) is 2.58. The van der Waals surface area contributed by atoms with E-state index in [1.165, 1.54) is 11.2 Å². The first-order valence-electron chi connectivity index (χ1n) is 5.37. The molecule has 1 aromatic carbocycles. The van der Waals surface area contributed by atoms with Crippen LogP contribution in [-0.4, -0.2) is 26.6 Å². The zero-order valence-electron chi connectivity index (χ0n) is 9.51. The third-order valence-corrected chi connectivity index (χ3v) is 4.44. The van der Waals surface area contributed by atoms with Gasteiger partial charge in [0.1, 0.15) is 0 Å². The van der Waals surface area contributed by atoms with Crippen LogP contribution >= 0.6 is 0 Å². The van der Waals surface area contributed by atoms with E-state index >= 15 is 0 Å². The Morgan fingerprint density at radius 3 is 2.41 bits per heavy atom. The van der Waals surface area contributed by atoms with Crippen LogP contribution in [0, 0.1) is 0 Å². The Labute approximate surface area is 100 Å². The number of nitrogens with zero attached hydrogens (tertiary/aromatic N) is 1. The van der Waals surface area contributed by atoms with E-state index in [2.05, 4.69) is 5.32 Å². The molecule has 0 spiro atoms. The van der Waals surface area contributed by atoms with Crippen LogP contribution < -0.4 is 9.62 Å². The molecule has 1 heterocycles. The molecule has 1 fully saturated rings. The smallest absolute Gasteiger partial charge is 0.235 e. The van der Waals surface area contributed by atoms with E-state index in [-0.39, 0.29) is 11.7 Å². The molecular weight excluding hydrogens is 240 g/mol. The molecule has 6 heteroatoms. The van der Waals surface area contributed by atoms with Gasteiger partial charge in [0.2, 0.25) is 15.9 Å². The molecule has 1 N–H and O–H groups in total. The summed E-state index contributed by atoms with van der Waals surface area (Å²) in [4.78, 5) is 10.8. The molecule has 5 nitrogen and oxygen atoms in total. The van der Waals surface area contributed by atoms with Crippen molar-refractivity contribution >= 4 is 27.3 Å². The molecule has 1 saturated heterocycles. The summed E-state index contributed by atoms with van der Waals surface area (Å²) in [6.45, 7) is 1.96. The standard InChI is InChI=1S/C11H14N2O3S/c1-9(14)12-10-3-5-11(6-4-10)13-7-2-8-17(13,15)16/h3-6H,2,7-8H2,1H3,(H,12,14). The van der Waals surface area contributed by atoms with E-state index in [1.54, 1.807) is 24.3 Å². The van der Waals surface area contributed by atoms with E-state index in [9.17, 15) is 13.2 Å². The molecule has 17 heavy (non-hydrogen) atoms. The van der Waals surface area contributed by atoms with Crippen molar-refractivity contribution in [1.82, 2.24) is 0 Å². The molecule has 0 radical (unpaired) electrons. The van der Waals surface area contributed by atoms with Gasteiger partial charge in [-0.05, 0) is 30.7 Å². The Balaban J connectivity index is 2.21. The minimum atomic E-state index is -3.13. The van der Waals surface area contributed by atoms with Gasteiger partial charge < -0.3 is 5.32 Å². The van der Waals surface area contributed by atoms with Crippen LogP contribution in [0.2, 0.25) is 0 Å². The highest BCUT2D eigenvalue weighted by Gasteiger charge is 2.28. The number of benzene rings is 1. The lowest BCUT2D eigenvalue weighted by atomic mass is 10.2. The Kier molecular flexibility index (Phi) is 3.06. The zero-order valence-corrected chi connectivity index (χ0v) is 10.3. The first kappa shape index (κ1) is 11.9. The topological polar surface area (TPSA) is 66.5 Å². The van der Waals surface area contributed by atoms with Crippen molar-refractivity contribution in [3.05, 3.63) is 24.3 Å². The zero-order chi connectivity index (χ0) is 12.5. The number of hydrogen-bond donors (Lipinski definition) is 1. The van der Waals surface area contributed by atoms with Crippen LogP contribution in [0.5, 0.6) is 0 Å². The molecular formula is C11H14N2O3S. The molecule has 1 amide bonds. The second kappa shape index (κ2) is 4.37. The summed E-state index contributed by atoms with van der Waals surface area (Å²) in [5, 5.41) is 2.64. The molecule has 0 atom stereocenters. The quantitative estimate of drug-likeness (QED) is 0.862. The predicted molar refractivity (Wildman–Crippen MR) is 66.5 cm³/mol. The number of hydrogen-bond acceptors (Lipinski definition) is 3. The van der Waals surface area contributed by atoms with Gasteiger partial charge in [-0.2, -0.15) is 0 Å². The van der Waals surface area contributed by atoms with Crippen LogP contribution in [0.1, 0.15) is 13.3 Å². The van der Waals surface area contributed by atoms with Crippen molar-refractivity contribution in [2.45, 2.75) is 13.3 Å². The predicted octanol–water partition coefficient (Wildman–Crippen LogP) is 1.18. The fourth-order valence-electron chi connectivity index (χ4n) is 1.84. The summed E-state index contributed by atoms with van der Waals surface area (Å²) in [6.07, 6.45) is 0.662. The maximum Gasteiger partial charge on any atom is 0.235 e. The minimum absolute atomic E-state index is 0.147. The third-order valence-electron chi connectivity index (χ3n) is 2.57. The molecule has 0 aliphatic carbocycles. The molecule has 92 valence electrons. The largest absolute Gasteiger partial charge is 0.326 e. The Morgan fingerprint density at radius 2 is 1.94 bits per heavy atom. The highest BCUT2D eigenvalue weighted by molar-refractivity contribution is 7.93. The van der Waals surface area contributed by atoms with Crippen molar-refractivity contribution in [3.63, 3.8) is 0 Å². The van der Waals surface area contributed by atoms with Crippen LogP contribution in [0.25, 0.3) is 0 Å². The summed E-state index contributed by atoms with van der Waals surface area (Å²) in [5.74, 6) is 0.0621. The van der Waals surface area contributed by atoms with Gasteiger partial charge in [0.25, 0.3) is 0 Å². The normalized spacial score (nSPS) is 18.1. The molecule has 1 aromatic rings. The number of carbonyl (C=O) groups excluding carboxylic acids is 1. The minimum Gasteiger partial charge on any atom is -0.326 e. The number of rotatable bonds is 2. The molecule has 0 saturated carbocycles. The number of amides is 1. The SMILES string of the molecule is CC(=O)Nc1ccc(N2CCCS2(=O)=O)cc1. The number of sulfonamides is 1. The van der Waals surface area contributed by atoms with Gasteiger partial charge in [0, 0.05) is 19.2 Å². The van der Waals surface area contributed by atoms with Crippen LogP contribution in [0.15, 0.2) is 24.3 Å². The molecule has 0 aromatic heterocycles. The molecule has 0 bridgehead atoms. The Morgan fingerprint density at radius 1 is 1.29 bits per heavy atom. The van der Waals surface area contributed by atoms with Gasteiger partial charge in [-0.15, -0.1) is 0 Å². The lowest BCUT2D eigenvalue weighted by Gasteiger charge is -2.17. The molecule has 0 unspecified atom stereocenters. The van der Waals surface area contributed by atoms with Crippen molar-refractivity contribution < 1.29 is 13.2 Å². The molecule has 1 aliphatic rings. The van der Waals surface area contributed by atoms with Crippen LogP contribution in [0.3, 0.4) is 0 Å². The summed E-state index contributed by atoms with van der Waals surface area (Å²) in [7, 11) is -3.13. The van der Waals surface area contributed by atoms with Crippen LogP contribution in [0.4, 0.5) is 11.4 Å². The van der Waals surface area contributed by atoms with Crippen molar-refractivity contribution in [3.8, 4) is 0 Å². The lowest BCUT2D eigenvalue weighted by Crippen LogP contribution is -2.24. The van der Waals surface area contributed by atoms with Gasteiger partial charge in [0.05, 0.1) is 11.4 Å². The summed E-state index contributed by atoms with van der Waals surface area (Å²) in [6, 6.07) is 6.80. The van der Waals surface area contributed by atoms with Crippen molar-refractivity contribution in [2.24, 2.45) is 0 Å². The highest BCUT2D eigenvalue weighted by Crippen LogP contribution is 2.25. The van der Waals surface area contributed by atoms with E-state index in [0.29, 0.717) is 24.3 Å². The van der Waals surface area contributed by atoms with E-state index in [0.717, 1.165) is 0 Å². The van der Waals surface area contributed by atoms with E-state index in [1.807, 2.05) is 0 Å². The number of nitrogens with one attached hydrogen (secondary N) is 1. The van der Waals surface area contributed by atoms with Gasteiger partial charge >= 0.3 is 0 Å². The second-order valence-electron chi connectivity index (χ2n) is 3.97. The second-order valence-corrected chi connectivity index (χ2v) is 5.98.